The molecule has 0 radical (unpaired) electrons. The van der Waals surface area contributed by atoms with E-state index in [9.17, 15) is 4.79 Å². The molecular formula is C30H31N3O. The standard InChI is InChI=1S/C21H21N3O.C9H10/c1-4-7-15-8-5-9-16(12-15)17-10-6-11-18(13-17)19-14(2)20(25)24(3)21(22)23-19;1-2-4-8(5-3-1)9-6-7-9/h5-6,8-14,19H,1-3H3,(H2,22,23);1-5,9H,6-7H2. The molecule has 1 amide bonds. The van der Waals surface area contributed by atoms with Gasteiger partial charge in [0.05, 0.1) is 12.0 Å². The average Bonchev–Trinajstić information content (AvgIpc) is 3.72. The molecule has 4 heteroatoms. The first kappa shape index (κ1) is 23.3. The van der Waals surface area contributed by atoms with Gasteiger partial charge in [0, 0.05) is 12.6 Å². The Bertz CT molecular complexity index is 1250. The molecule has 2 atom stereocenters. The number of carbonyl (C=O) groups excluding carboxylic acids is 1. The predicted octanol–water partition coefficient (Wildman–Crippen LogP) is 5.75. The zero-order chi connectivity index (χ0) is 24.1. The monoisotopic (exact) mass is 449 g/mol. The van der Waals surface area contributed by atoms with E-state index in [0.717, 1.165) is 28.2 Å². The van der Waals surface area contributed by atoms with Crippen LogP contribution in [0.3, 0.4) is 0 Å². The summed E-state index contributed by atoms with van der Waals surface area (Å²) in [5, 5.41) is 0. The van der Waals surface area contributed by atoms with Gasteiger partial charge in [-0.2, -0.15) is 0 Å². The molecule has 1 heterocycles. The quantitative estimate of drug-likeness (QED) is 0.517. The molecule has 0 bridgehead atoms. The minimum atomic E-state index is -0.262. The van der Waals surface area contributed by atoms with Crippen LogP contribution in [0.15, 0.2) is 83.9 Å². The number of rotatable bonds is 3. The number of amides is 1. The summed E-state index contributed by atoms with van der Waals surface area (Å²) in [7, 11) is 1.66. The maximum absolute atomic E-state index is 12.3. The first-order valence-corrected chi connectivity index (χ1v) is 11.8. The molecule has 1 aliphatic carbocycles. The van der Waals surface area contributed by atoms with E-state index in [1.54, 1.807) is 7.05 Å². The second-order valence-electron chi connectivity index (χ2n) is 8.88. The summed E-state index contributed by atoms with van der Waals surface area (Å²) in [6, 6.07) is 26.7. The highest BCUT2D eigenvalue weighted by atomic mass is 16.2. The Labute approximate surface area is 202 Å². The first-order valence-electron chi connectivity index (χ1n) is 11.8. The Kier molecular flexibility index (Phi) is 7.13. The van der Waals surface area contributed by atoms with Crippen molar-refractivity contribution >= 4 is 11.9 Å². The molecule has 5 rings (SSSR count). The van der Waals surface area contributed by atoms with Crippen LogP contribution in [-0.4, -0.2) is 23.8 Å². The molecular weight excluding hydrogens is 418 g/mol. The number of guanidine groups is 1. The van der Waals surface area contributed by atoms with Crippen LogP contribution in [0.1, 0.15) is 55.3 Å². The van der Waals surface area contributed by atoms with Crippen molar-refractivity contribution in [3.8, 4) is 23.0 Å². The van der Waals surface area contributed by atoms with Gasteiger partial charge in [-0.1, -0.05) is 73.5 Å². The number of aliphatic imine (C=N–C) groups is 1. The van der Waals surface area contributed by atoms with Gasteiger partial charge in [-0.25, -0.2) is 4.99 Å². The lowest BCUT2D eigenvalue weighted by atomic mass is 9.90. The third-order valence-corrected chi connectivity index (χ3v) is 6.35. The SMILES string of the molecule is CC#Cc1cccc(-c2cccc(C3N=C(N)N(C)C(=O)C3C)c2)c1.c1ccc(C2CC2)cc1. The molecule has 2 unspecified atom stereocenters. The lowest BCUT2D eigenvalue weighted by Crippen LogP contribution is -2.46. The highest BCUT2D eigenvalue weighted by molar-refractivity contribution is 5.99. The van der Waals surface area contributed by atoms with E-state index in [1.807, 2.05) is 38.1 Å². The molecule has 2 N–H and O–H groups in total. The maximum Gasteiger partial charge on any atom is 0.234 e. The van der Waals surface area contributed by atoms with E-state index in [4.69, 9.17) is 5.73 Å². The van der Waals surface area contributed by atoms with Gasteiger partial charge in [0.2, 0.25) is 5.91 Å². The minimum absolute atomic E-state index is 0.0110. The van der Waals surface area contributed by atoms with Crippen molar-refractivity contribution in [3.63, 3.8) is 0 Å². The number of hydrogen-bond donors (Lipinski definition) is 1. The van der Waals surface area contributed by atoms with E-state index in [2.05, 4.69) is 71.4 Å². The van der Waals surface area contributed by atoms with Crippen LogP contribution < -0.4 is 5.73 Å². The molecule has 172 valence electrons. The fourth-order valence-electron chi connectivity index (χ4n) is 4.22. The van der Waals surface area contributed by atoms with Crippen molar-refractivity contribution in [1.29, 1.82) is 0 Å². The van der Waals surface area contributed by atoms with E-state index in [0.29, 0.717) is 0 Å². The summed E-state index contributed by atoms with van der Waals surface area (Å²) in [4.78, 5) is 18.3. The lowest BCUT2D eigenvalue weighted by molar-refractivity contribution is -0.131. The van der Waals surface area contributed by atoms with Crippen LogP contribution >= 0.6 is 0 Å². The summed E-state index contributed by atoms with van der Waals surface area (Å²) >= 11 is 0. The molecule has 1 fully saturated rings. The normalized spacial score (nSPS) is 19.3. The molecule has 0 saturated heterocycles. The highest BCUT2D eigenvalue weighted by Crippen LogP contribution is 2.39. The molecule has 0 spiro atoms. The summed E-state index contributed by atoms with van der Waals surface area (Å²) in [5.74, 6) is 6.92. The van der Waals surface area contributed by atoms with E-state index in [-0.39, 0.29) is 23.8 Å². The van der Waals surface area contributed by atoms with E-state index >= 15 is 0 Å². The molecule has 0 aromatic heterocycles. The van der Waals surface area contributed by atoms with Crippen LogP contribution in [0.4, 0.5) is 0 Å². The molecule has 2 aliphatic rings. The third-order valence-electron chi connectivity index (χ3n) is 6.35. The minimum Gasteiger partial charge on any atom is -0.369 e. The van der Waals surface area contributed by atoms with Gasteiger partial charge in [0.25, 0.3) is 0 Å². The summed E-state index contributed by atoms with van der Waals surface area (Å²) in [6.07, 6.45) is 2.81. The lowest BCUT2D eigenvalue weighted by Gasteiger charge is -2.31. The Balaban J connectivity index is 0.000000252. The van der Waals surface area contributed by atoms with Gasteiger partial charge >= 0.3 is 0 Å². The number of nitrogens with zero attached hydrogens (tertiary/aromatic N) is 2. The van der Waals surface area contributed by atoms with Gasteiger partial charge in [0.15, 0.2) is 5.96 Å². The summed E-state index contributed by atoms with van der Waals surface area (Å²) in [6.45, 7) is 3.72. The van der Waals surface area contributed by atoms with Crippen molar-refractivity contribution in [2.75, 3.05) is 7.05 Å². The molecule has 1 saturated carbocycles. The van der Waals surface area contributed by atoms with Gasteiger partial charge in [0.1, 0.15) is 0 Å². The zero-order valence-corrected chi connectivity index (χ0v) is 20.0. The maximum atomic E-state index is 12.3. The molecule has 3 aromatic rings. The number of nitrogens with two attached hydrogens (primary N) is 1. The zero-order valence-electron chi connectivity index (χ0n) is 20.0. The molecule has 3 aromatic carbocycles. The molecule has 34 heavy (non-hydrogen) atoms. The number of benzene rings is 3. The van der Waals surface area contributed by atoms with Gasteiger partial charge in [-0.15, -0.1) is 5.92 Å². The second-order valence-corrected chi connectivity index (χ2v) is 8.88. The van der Waals surface area contributed by atoms with Crippen LogP contribution in [0.2, 0.25) is 0 Å². The van der Waals surface area contributed by atoms with Crippen molar-refractivity contribution in [2.45, 2.75) is 38.6 Å². The first-order chi connectivity index (χ1) is 16.5. The Hall–Kier alpha value is -3.84. The Morgan fingerprint density at radius 2 is 1.56 bits per heavy atom. The second kappa shape index (κ2) is 10.4. The topological polar surface area (TPSA) is 58.7 Å². The smallest absolute Gasteiger partial charge is 0.234 e. The Morgan fingerprint density at radius 3 is 2.24 bits per heavy atom. The fraction of sp³-hybridized carbons (Fsp3) is 0.267. The van der Waals surface area contributed by atoms with Crippen LogP contribution in [0.5, 0.6) is 0 Å². The van der Waals surface area contributed by atoms with Crippen LogP contribution in [0.25, 0.3) is 11.1 Å². The van der Waals surface area contributed by atoms with Gasteiger partial charge in [-0.05, 0) is 66.1 Å². The summed E-state index contributed by atoms with van der Waals surface area (Å²) in [5.41, 5.74) is 11.6. The Morgan fingerprint density at radius 1 is 0.912 bits per heavy atom. The van der Waals surface area contributed by atoms with Crippen molar-refractivity contribution in [3.05, 3.63) is 95.6 Å². The van der Waals surface area contributed by atoms with Gasteiger partial charge < -0.3 is 5.73 Å². The fourth-order valence-corrected chi connectivity index (χ4v) is 4.22. The molecule has 4 nitrogen and oxygen atoms in total. The van der Waals surface area contributed by atoms with Crippen molar-refractivity contribution in [1.82, 2.24) is 4.90 Å². The van der Waals surface area contributed by atoms with Gasteiger partial charge in [-0.3, -0.25) is 9.69 Å². The summed E-state index contributed by atoms with van der Waals surface area (Å²) < 4.78 is 0. The predicted molar refractivity (Wildman–Crippen MR) is 139 cm³/mol. The number of carbonyl (C=O) groups is 1. The number of hydrogen-bond acceptors (Lipinski definition) is 3. The van der Waals surface area contributed by atoms with E-state index < -0.39 is 0 Å². The largest absolute Gasteiger partial charge is 0.369 e. The highest BCUT2D eigenvalue weighted by Gasteiger charge is 2.33. The van der Waals surface area contributed by atoms with Crippen molar-refractivity contribution in [2.24, 2.45) is 16.6 Å². The van der Waals surface area contributed by atoms with Crippen molar-refractivity contribution < 1.29 is 4.79 Å². The average molecular weight is 450 g/mol. The third kappa shape index (κ3) is 5.38. The molecule has 1 aliphatic heterocycles. The van der Waals surface area contributed by atoms with Crippen LogP contribution in [0, 0.1) is 17.8 Å². The van der Waals surface area contributed by atoms with Crippen LogP contribution in [-0.2, 0) is 4.79 Å². The van der Waals surface area contributed by atoms with E-state index in [1.165, 1.54) is 23.3 Å².